The molecule has 0 saturated heterocycles. The molecule has 0 aliphatic rings. The molecule has 1 N–H and O–H groups in total. The molecule has 0 bridgehead atoms. The van der Waals surface area contributed by atoms with Crippen LogP contribution in [-0.2, 0) is 4.79 Å². The van der Waals surface area contributed by atoms with Crippen molar-refractivity contribution in [3.8, 4) is 0 Å². The lowest BCUT2D eigenvalue weighted by molar-refractivity contribution is -0.110. The summed E-state index contributed by atoms with van der Waals surface area (Å²) in [6, 6.07) is 0.326. The number of nitrogens with one attached hydrogen (secondary N) is 1. The molecule has 0 aromatic heterocycles. The van der Waals surface area contributed by atoms with Gasteiger partial charge in [-0.05, 0) is 19.3 Å². The van der Waals surface area contributed by atoms with E-state index in [4.69, 9.17) is 0 Å². The lowest BCUT2D eigenvalue weighted by atomic mass is 10.0. The van der Waals surface area contributed by atoms with Crippen LogP contribution in [0.4, 0.5) is 0 Å². The second kappa shape index (κ2) is 5.27. The Morgan fingerprint density at radius 1 is 1.50 bits per heavy atom. The summed E-state index contributed by atoms with van der Waals surface area (Å²) in [7, 11) is 0. The van der Waals surface area contributed by atoms with Crippen molar-refractivity contribution in [1.29, 1.82) is 0 Å². The third-order valence-electron chi connectivity index (χ3n) is 1.81. The summed E-state index contributed by atoms with van der Waals surface area (Å²) in [4.78, 5) is 9.97. The van der Waals surface area contributed by atoms with E-state index in [9.17, 15) is 4.79 Å². The van der Waals surface area contributed by atoms with Gasteiger partial charge in [-0.3, -0.25) is 4.79 Å². The van der Waals surface area contributed by atoms with Gasteiger partial charge in [-0.15, -0.1) is 0 Å². The van der Waals surface area contributed by atoms with Crippen LogP contribution in [0.25, 0.3) is 0 Å². The molecule has 0 radical (unpaired) electrons. The summed E-state index contributed by atoms with van der Waals surface area (Å²) in [5.74, 6) is 0.711. The van der Waals surface area contributed by atoms with Crippen LogP contribution in [0.1, 0.15) is 33.6 Å². The number of rotatable bonds is 5. The normalized spacial score (nSPS) is 15.9. The van der Waals surface area contributed by atoms with E-state index in [1.807, 2.05) is 6.92 Å². The summed E-state index contributed by atoms with van der Waals surface area (Å²) >= 11 is 0. The lowest BCUT2D eigenvalue weighted by Crippen LogP contribution is -2.26. The highest BCUT2D eigenvalue weighted by atomic mass is 16.1. The van der Waals surface area contributed by atoms with E-state index >= 15 is 0 Å². The molecule has 0 aliphatic heterocycles. The number of amides is 1. The maximum Gasteiger partial charge on any atom is 0.207 e. The predicted molar refractivity (Wildman–Crippen MR) is 42.7 cm³/mol. The standard InChI is InChI=1S/C8H17NO/c1-4-7(2)5-8(3)9-6-10/h6-8H,4-5H2,1-3H3,(H,9,10). The van der Waals surface area contributed by atoms with E-state index in [1.54, 1.807) is 0 Å². The van der Waals surface area contributed by atoms with E-state index in [0.717, 1.165) is 12.8 Å². The zero-order valence-corrected chi connectivity index (χ0v) is 7.05. The van der Waals surface area contributed by atoms with Gasteiger partial charge in [0.1, 0.15) is 0 Å². The van der Waals surface area contributed by atoms with Crippen LogP contribution >= 0.6 is 0 Å². The topological polar surface area (TPSA) is 29.1 Å². The van der Waals surface area contributed by atoms with Gasteiger partial charge in [0, 0.05) is 6.04 Å². The largest absolute Gasteiger partial charge is 0.356 e. The van der Waals surface area contributed by atoms with E-state index in [2.05, 4.69) is 19.2 Å². The van der Waals surface area contributed by atoms with E-state index in [-0.39, 0.29) is 0 Å². The molecular weight excluding hydrogens is 126 g/mol. The Labute approximate surface area is 63.0 Å². The minimum atomic E-state index is 0.326. The molecule has 0 rings (SSSR count). The van der Waals surface area contributed by atoms with Crippen LogP contribution in [0, 0.1) is 5.92 Å². The molecule has 0 saturated carbocycles. The third-order valence-corrected chi connectivity index (χ3v) is 1.81. The van der Waals surface area contributed by atoms with E-state index in [0.29, 0.717) is 12.0 Å². The first kappa shape index (κ1) is 9.47. The molecule has 0 spiro atoms. The maximum atomic E-state index is 9.97. The summed E-state index contributed by atoms with van der Waals surface area (Å²) in [6.45, 7) is 6.39. The van der Waals surface area contributed by atoms with Crippen molar-refractivity contribution in [3.63, 3.8) is 0 Å². The molecule has 1 amide bonds. The Morgan fingerprint density at radius 3 is 2.50 bits per heavy atom. The fourth-order valence-electron chi connectivity index (χ4n) is 0.954. The highest BCUT2D eigenvalue weighted by Crippen LogP contribution is 2.08. The van der Waals surface area contributed by atoms with Gasteiger partial charge < -0.3 is 5.32 Å². The van der Waals surface area contributed by atoms with Gasteiger partial charge >= 0.3 is 0 Å². The molecule has 60 valence electrons. The van der Waals surface area contributed by atoms with Crippen molar-refractivity contribution in [2.24, 2.45) is 5.92 Å². The molecule has 0 aromatic carbocycles. The fraction of sp³-hybridized carbons (Fsp3) is 0.875. The zero-order chi connectivity index (χ0) is 7.98. The van der Waals surface area contributed by atoms with Crippen LogP contribution in [0.5, 0.6) is 0 Å². The van der Waals surface area contributed by atoms with Crippen LogP contribution in [-0.4, -0.2) is 12.5 Å². The molecule has 2 unspecified atom stereocenters. The highest BCUT2D eigenvalue weighted by molar-refractivity contribution is 5.46. The molecule has 0 fully saturated rings. The molecule has 2 atom stereocenters. The number of hydrogen-bond donors (Lipinski definition) is 1. The molecule has 2 nitrogen and oxygen atoms in total. The van der Waals surface area contributed by atoms with Crippen molar-refractivity contribution in [1.82, 2.24) is 5.32 Å². The Balaban J connectivity index is 3.35. The lowest BCUT2D eigenvalue weighted by Gasteiger charge is -2.14. The molecular formula is C8H17NO. The quantitative estimate of drug-likeness (QED) is 0.581. The summed E-state index contributed by atoms with van der Waals surface area (Å²) < 4.78 is 0. The highest BCUT2D eigenvalue weighted by Gasteiger charge is 2.04. The Morgan fingerprint density at radius 2 is 2.10 bits per heavy atom. The number of carbonyl (C=O) groups is 1. The van der Waals surface area contributed by atoms with Gasteiger partial charge in [-0.1, -0.05) is 20.3 Å². The SMILES string of the molecule is CCC(C)CC(C)NC=O. The second-order valence-electron chi connectivity index (χ2n) is 2.93. The van der Waals surface area contributed by atoms with Gasteiger partial charge in [0.2, 0.25) is 6.41 Å². The average Bonchev–Trinajstić information content (AvgIpc) is 1.88. The van der Waals surface area contributed by atoms with Gasteiger partial charge in [0.15, 0.2) is 0 Å². The Bertz CT molecular complexity index is 93.3. The number of hydrogen-bond acceptors (Lipinski definition) is 1. The smallest absolute Gasteiger partial charge is 0.207 e. The van der Waals surface area contributed by atoms with Crippen molar-refractivity contribution in [2.45, 2.75) is 39.7 Å². The van der Waals surface area contributed by atoms with Gasteiger partial charge in [0.25, 0.3) is 0 Å². The predicted octanol–water partition coefficient (Wildman–Crippen LogP) is 1.56. The van der Waals surface area contributed by atoms with Crippen LogP contribution < -0.4 is 5.32 Å². The van der Waals surface area contributed by atoms with Crippen LogP contribution in [0.15, 0.2) is 0 Å². The maximum absolute atomic E-state index is 9.97. The van der Waals surface area contributed by atoms with Crippen molar-refractivity contribution >= 4 is 6.41 Å². The van der Waals surface area contributed by atoms with E-state index < -0.39 is 0 Å². The number of carbonyl (C=O) groups excluding carboxylic acids is 1. The molecule has 0 aliphatic carbocycles. The molecule has 2 heteroatoms. The Hall–Kier alpha value is -0.530. The molecule has 0 heterocycles. The average molecular weight is 143 g/mol. The summed E-state index contributed by atoms with van der Waals surface area (Å²) in [5.41, 5.74) is 0. The minimum absolute atomic E-state index is 0.326. The third kappa shape index (κ3) is 4.36. The first-order valence-electron chi connectivity index (χ1n) is 3.90. The second-order valence-corrected chi connectivity index (χ2v) is 2.93. The van der Waals surface area contributed by atoms with Crippen LogP contribution in [0.2, 0.25) is 0 Å². The fourth-order valence-corrected chi connectivity index (χ4v) is 0.954. The van der Waals surface area contributed by atoms with Crippen molar-refractivity contribution in [3.05, 3.63) is 0 Å². The van der Waals surface area contributed by atoms with Crippen molar-refractivity contribution in [2.75, 3.05) is 0 Å². The summed E-state index contributed by atoms with van der Waals surface area (Å²) in [6.07, 6.45) is 3.03. The van der Waals surface area contributed by atoms with Crippen molar-refractivity contribution < 1.29 is 4.79 Å². The molecule has 10 heavy (non-hydrogen) atoms. The van der Waals surface area contributed by atoms with E-state index in [1.165, 1.54) is 6.42 Å². The molecule has 0 aromatic rings. The Kier molecular flexibility index (Phi) is 4.99. The van der Waals surface area contributed by atoms with Crippen LogP contribution in [0.3, 0.4) is 0 Å². The van der Waals surface area contributed by atoms with Gasteiger partial charge in [-0.2, -0.15) is 0 Å². The zero-order valence-electron chi connectivity index (χ0n) is 7.05. The monoisotopic (exact) mass is 143 g/mol. The summed E-state index contributed by atoms with van der Waals surface area (Å²) in [5, 5.41) is 2.73. The first-order valence-corrected chi connectivity index (χ1v) is 3.90. The van der Waals surface area contributed by atoms with Gasteiger partial charge in [-0.25, -0.2) is 0 Å². The first-order chi connectivity index (χ1) is 4.70. The van der Waals surface area contributed by atoms with Gasteiger partial charge in [0.05, 0.1) is 0 Å². The minimum Gasteiger partial charge on any atom is -0.356 e.